The van der Waals surface area contributed by atoms with Crippen LogP contribution in [-0.2, 0) is 4.74 Å². The van der Waals surface area contributed by atoms with Crippen LogP contribution in [0.25, 0.3) is 0 Å². The fraction of sp³-hybridized carbons (Fsp3) is 0.895. The lowest BCUT2D eigenvalue weighted by Crippen LogP contribution is -2.52. The fourth-order valence-corrected chi connectivity index (χ4v) is 3.27. The Morgan fingerprint density at radius 3 is 2.33 bits per heavy atom. The minimum atomic E-state index is -0.357. The molecule has 1 saturated heterocycles. The molecule has 7 nitrogen and oxygen atoms in total. The maximum absolute atomic E-state index is 11.7. The van der Waals surface area contributed by atoms with Crippen LogP contribution in [0.2, 0.25) is 0 Å². The molecule has 1 aliphatic heterocycles. The summed E-state index contributed by atoms with van der Waals surface area (Å²) in [6.45, 7) is 13.8. The molecule has 0 aromatic heterocycles. The zero-order valence-electron chi connectivity index (χ0n) is 17.9. The Morgan fingerprint density at radius 2 is 1.85 bits per heavy atom. The van der Waals surface area contributed by atoms with Crippen molar-refractivity contribution in [3.05, 3.63) is 0 Å². The molecule has 1 rings (SSSR count). The Kier molecular flexibility index (Phi) is 13.9. The van der Waals surface area contributed by atoms with Crippen LogP contribution in [0.4, 0.5) is 4.79 Å². The number of carbonyl (C=O) groups is 1. The second kappa shape index (κ2) is 14.3. The first-order valence-corrected chi connectivity index (χ1v) is 10.00. The number of hydrogen-bond acceptors (Lipinski definition) is 4. The molecule has 0 aliphatic carbocycles. The summed E-state index contributed by atoms with van der Waals surface area (Å²) in [7, 11) is 1.79. The molecule has 0 aromatic rings. The molecule has 160 valence electrons. The van der Waals surface area contributed by atoms with Crippen LogP contribution in [0, 0.1) is 5.92 Å². The van der Waals surface area contributed by atoms with Crippen LogP contribution in [-0.4, -0.2) is 68.4 Å². The van der Waals surface area contributed by atoms with Crippen molar-refractivity contribution in [3.8, 4) is 0 Å². The number of ether oxygens (including phenoxy) is 1. The topological polar surface area (TPSA) is 78.0 Å². The number of nitrogens with zero attached hydrogens (tertiary/aromatic N) is 2. The molecular weight excluding hydrogens is 457 g/mol. The Labute approximate surface area is 182 Å². The molecule has 1 atom stereocenters. The summed E-state index contributed by atoms with van der Waals surface area (Å²) in [5, 5.41) is 9.82. The summed E-state index contributed by atoms with van der Waals surface area (Å²) in [6.07, 6.45) is 2.77. The normalized spacial score (nSPS) is 17.4. The van der Waals surface area contributed by atoms with E-state index < -0.39 is 0 Å². The first-order valence-electron chi connectivity index (χ1n) is 10.00. The van der Waals surface area contributed by atoms with Gasteiger partial charge in [0.25, 0.3) is 0 Å². The number of carbonyl (C=O) groups excluding carboxylic acids is 1. The third-order valence-electron chi connectivity index (χ3n) is 4.69. The molecule has 0 radical (unpaired) electrons. The van der Waals surface area contributed by atoms with Crippen LogP contribution >= 0.6 is 24.0 Å². The summed E-state index contributed by atoms with van der Waals surface area (Å²) in [5.74, 6) is 1.28. The van der Waals surface area contributed by atoms with Gasteiger partial charge in [-0.2, -0.15) is 0 Å². The third-order valence-corrected chi connectivity index (χ3v) is 4.69. The highest BCUT2D eigenvalue weighted by atomic mass is 127. The SMILES string of the molecule is CCOC(=O)NC(CNC(=NC)NC1CCN(C(C)C)CC1)CC(C)C.I. The lowest BCUT2D eigenvalue weighted by molar-refractivity contribution is 0.146. The maximum Gasteiger partial charge on any atom is 0.407 e. The molecule has 1 amide bonds. The van der Waals surface area contributed by atoms with Gasteiger partial charge in [0.2, 0.25) is 0 Å². The van der Waals surface area contributed by atoms with Gasteiger partial charge in [-0.15, -0.1) is 24.0 Å². The van der Waals surface area contributed by atoms with Crippen molar-refractivity contribution in [2.24, 2.45) is 10.9 Å². The van der Waals surface area contributed by atoms with Gasteiger partial charge in [0.1, 0.15) is 0 Å². The first-order chi connectivity index (χ1) is 12.3. The largest absolute Gasteiger partial charge is 0.450 e. The Balaban J connectivity index is 0.00000676. The van der Waals surface area contributed by atoms with Crippen LogP contribution in [0.15, 0.2) is 4.99 Å². The lowest BCUT2D eigenvalue weighted by Gasteiger charge is -2.35. The molecule has 1 heterocycles. The predicted octanol–water partition coefficient (Wildman–Crippen LogP) is 2.80. The van der Waals surface area contributed by atoms with Crippen LogP contribution in [0.3, 0.4) is 0 Å². The minimum absolute atomic E-state index is 0. The number of aliphatic imine (C=N–C) groups is 1. The van der Waals surface area contributed by atoms with Gasteiger partial charge in [0.05, 0.1) is 6.61 Å². The number of likely N-dealkylation sites (tertiary alicyclic amines) is 1. The molecular formula is C19H40IN5O2. The summed E-state index contributed by atoms with van der Waals surface area (Å²) >= 11 is 0. The first kappa shape index (κ1) is 26.2. The number of hydrogen-bond donors (Lipinski definition) is 3. The zero-order chi connectivity index (χ0) is 19.5. The maximum atomic E-state index is 11.7. The van der Waals surface area contributed by atoms with Crippen LogP contribution < -0.4 is 16.0 Å². The highest BCUT2D eigenvalue weighted by Gasteiger charge is 2.22. The number of alkyl carbamates (subject to hydrolysis) is 1. The van der Waals surface area contributed by atoms with Gasteiger partial charge >= 0.3 is 6.09 Å². The molecule has 8 heteroatoms. The van der Waals surface area contributed by atoms with Gasteiger partial charge in [-0.3, -0.25) is 4.99 Å². The molecule has 3 N–H and O–H groups in total. The molecule has 0 bridgehead atoms. The van der Waals surface area contributed by atoms with Gasteiger partial charge in [-0.1, -0.05) is 13.8 Å². The van der Waals surface area contributed by atoms with E-state index in [-0.39, 0.29) is 36.1 Å². The van der Waals surface area contributed by atoms with E-state index in [0.717, 1.165) is 38.3 Å². The van der Waals surface area contributed by atoms with E-state index in [4.69, 9.17) is 4.74 Å². The molecule has 1 fully saturated rings. The van der Waals surface area contributed by atoms with Gasteiger partial charge in [0.15, 0.2) is 5.96 Å². The van der Waals surface area contributed by atoms with Gasteiger partial charge in [-0.05, 0) is 46.0 Å². The Morgan fingerprint density at radius 1 is 1.22 bits per heavy atom. The van der Waals surface area contributed by atoms with Gasteiger partial charge in [-0.25, -0.2) is 4.79 Å². The highest BCUT2D eigenvalue weighted by molar-refractivity contribution is 14.0. The van der Waals surface area contributed by atoms with Crippen molar-refractivity contribution in [1.82, 2.24) is 20.9 Å². The molecule has 0 aromatic carbocycles. The zero-order valence-corrected chi connectivity index (χ0v) is 20.2. The number of halogens is 1. The van der Waals surface area contributed by atoms with Gasteiger partial charge in [0, 0.05) is 44.8 Å². The quantitative estimate of drug-likeness (QED) is 0.273. The van der Waals surface area contributed by atoms with E-state index in [1.54, 1.807) is 7.05 Å². The number of amides is 1. The number of guanidine groups is 1. The number of rotatable bonds is 8. The second-order valence-corrected chi connectivity index (χ2v) is 7.69. The van der Waals surface area contributed by atoms with E-state index >= 15 is 0 Å². The standard InChI is InChI=1S/C19H39N5O2.HI/c1-7-26-19(25)23-17(12-14(2)3)13-21-18(20-6)22-16-8-10-24(11-9-16)15(4)5;/h14-17H,7-13H2,1-6H3,(H,23,25)(H2,20,21,22);1H. The van der Waals surface area contributed by atoms with E-state index in [0.29, 0.717) is 31.2 Å². The second-order valence-electron chi connectivity index (χ2n) is 7.69. The predicted molar refractivity (Wildman–Crippen MR) is 123 cm³/mol. The molecule has 0 spiro atoms. The summed E-state index contributed by atoms with van der Waals surface area (Å²) in [6, 6.07) is 1.06. The average Bonchev–Trinajstić information content (AvgIpc) is 2.58. The monoisotopic (exact) mass is 497 g/mol. The molecule has 0 saturated carbocycles. The average molecular weight is 497 g/mol. The highest BCUT2D eigenvalue weighted by Crippen LogP contribution is 2.12. The summed E-state index contributed by atoms with van der Waals surface area (Å²) in [4.78, 5) is 18.6. The number of nitrogens with one attached hydrogen (secondary N) is 3. The fourth-order valence-electron chi connectivity index (χ4n) is 3.27. The Bertz CT molecular complexity index is 438. The lowest BCUT2D eigenvalue weighted by atomic mass is 10.0. The van der Waals surface area contributed by atoms with Crippen molar-refractivity contribution < 1.29 is 9.53 Å². The van der Waals surface area contributed by atoms with Crippen LogP contribution in [0.5, 0.6) is 0 Å². The molecule has 1 unspecified atom stereocenters. The smallest absolute Gasteiger partial charge is 0.407 e. The van der Waals surface area contributed by atoms with E-state index in [2.05, 4.69) is 53.5 Å². The number of piperidine rings is 1. The van der Waals surface area contributed by atoms with E-state index in [1.807, 2.05) is 6.92 Å². The summed E-state index contributed by atoms with van der Waals surface area (Å²) in [5.41, 5.74) is 0. The van der Waals surface area contributed by atoms with Crippen molar-refractivity contribution in [3.63, 3.8) is 0 Å². The van der Waals surface area contributed by atoms with Crippen molar-refractivity contribution in [1.29, 1.82) is 0 Å². The molecule has 27 heavy (non-hydrogen) atoms. The van der Waals surface area contributed by atoms with E-state index in [1.165, 1.54) is 0 Å². The van der Waals surface area contributed by atoms with Gasteiger partial charge < -0.3 is 25.6 Å². The third kappa shape index (κ3) is 11.0. The van der Waals surface area contributed by atoms with Crippen molar-refractivity contribution >= 4 is 36.0 Å². The minimum Gasteiger partial charge on any atom is -0.450 e. The van der Waals surface area contributed by atoms with Crippen molar-refractivity contribution in [2.45, 2.75) is 72.0 Å². The summed E-state index contributed by atoms with van der Waals surface area (Å²) < 4.78 is 5.01. The Hall–Kier alpha value is -0.770. The van der Waals surface area contributed by atoms with Crippen LogP contribution in [0.1, 0.15) is 53.9 Å². The molecule has 1 aliphatic rings. The van der Waals surface area contributed by atoms with E-state index in [9.17, 15) is 4.79 Å². The van der Waals surface area contributed by atoms with Crippen molar-refractivity contribution in [2.75, 3.05) is 33.3 Å².